The molecule has 0 saturated carbocycles. The van der Waals surface area contributed by atoms with E-state index in [0.717, 1.165) is 5.56 Å². The van der Waals surface area contributed by atoms with E-state index >= 15 is 0 Å². The number of benzene rings is 1. The van der Waals surface area contributed by atoms with Crippen LogP contribution in [0.5, 0.6) is 11.5 Å². The molecule has 5 nitrogen and oxygen atoms in total. The Kier molecular flexibility index (Phi) is 6.15. The van der Waals surface area contributed by atoms with Crippen molar-refractivity contribution >= 4 is 5.91 Å². The first kappa shape index (κ1) is 15.3. The number of para-hydroxylation sites is 1. The Bertz CT molecular complexity index is 421. The molecule has 1 aromatic rings. The van der Waals surface area contributed by atoms with Crippen LogP contribution in [-0.2, 0) is 11.3 Å². The summed E-state index contributed by atoms with van der Waals surface area (Å²) < 4.78 is 11.2. The van der Waals surface area contributed by atoms with Crippen molar-refractivity contribution in [3.05, 3.63) is 23.8 Å². The molecule has 19 heavy (non-hydrogen) atoms. The third kappa shape index (κ3) is 4.13. The summed E-state index contributed by atoms with van der Waals surface area (Å²) in [7, 11) is 0. The molecule has 0 aromatic heterocycles. The lowest BCUT2D eigenvalue weighted by Crippen LogP contribution is -2.36. The first-order valence-electron chi connectivity index (χ1n) is 6.53. The zero-order valence-electron chi connectivity index (χ0n) is 11.7. The molecule has 1 aromatic carbocycles. The summed E-state index contributed by atoms with van der Waals surface area (Å²) in [6, 6.07) is 5.53. The number of hydrogen-bond acceptors (Lipinski definition) is 4. The highest BCUT2D eigenvalue weighted by Crippen LogP contribution is 2.32. The Morgan fingerprint density at radius 1 is 1.42 bits per heavy atom. The molecule has 0 aliphatic rings. The van der Waals surface area contributed by atoms with Gasteiger partial charge in [-0.15, -0.1) is 0 Å². The topological polar surface area (TPSA) is 73.6 Å². The molecule has 1 amide bonds. The maximum absolute atomic E-state index is 11.7. The molecule has 5 heteroatoms. The fourth-order valence-electron chi connectivity index (χ4n) is 1.67. The average molecular weight is 266 g/mol. The lowest BCUT2D eigenvalue weighted by molar-refractivity contribution is -0.127. The second-order valence-corrected chi connectivity index (χ2v) is 4.04. The summed E-state index contributed by atoms with van der Waals surface area (Å²) in [4.78, 5) is 11.7. The molecular weight excluding hydrogens is 244 g/mol. The molecule has 1 unspecified atom stereocenters. The summed E-state index contributed by atoms with van der Waals surface area (Å²) in [5, 5.41) is 2.72. The van der Waals surface area contributed by atoms with Crippen molar-refractivity contribution in [2.45, 2.75) is 33.4 Å². The minimum atomic E-state index is -0.591. The van der Waals surface area contributed by atoms with Crippen molar-refractivity contribution in [2.24, 2.45) is 5.73 Å². The van der Waals surface area contributed by atoms with Crippen LogP contribution in [0.1, 0.15) is 26.3 Å². The fraction of sp³-hybridized carbons (Fsp3) is 0.500. The van der Waals surface area contributed by atoms with Crippen LogP contribution in [0, 0.1) is 0 Å². The van der Waals surface area contributed by atoms with E-state index in [2.05, 4.69) is 5.32 Å². The first-order valence-corrected chi connectivity index (χ1v) is 6.53. The van der Waals surface area contributed by atoms with E-state index in [4.69, 9.17) is 15.2 Å². The van der Waals surface area contributed by atoms with Gasteiger partial charge in [0.15, 0.2) is 17.6 Å². The Morgan fingerprint density at radius 2 is 2.16 bits per heavy atom. The smallest absolute Gasteiger partial charge is 0.260 e. The zero-order chi connectivity index (χ0) is 14.3. The highest BCUT2D eigenvalue weighted by molar-refractivity contribution is 5.80. The van der Waals surface area contributed by atoms with Gasteiger partial charge in [-0.1, -0.05) is 12.1 Å². The molecule has 1 atom stereocenters. The highest BCUT2D eigenvalue weighted by Gasteiger charge is 2.18. The molecule has 0 aliphatic carbocycles. The van der Waals surface area contributed by atoms with Gasteiger partial charge in [-0.25, -0.2) is 0 Å². The average Bonchev–Trinajstić information content (AvgIpc) is 2.41. The number of nitrogens with two attached hydrogens (primary N) is 1. The number of likely N-dealkylation sites (N-methyl/N-ethyl adjacent to an activating group) is 1. The highest BCUT2D eigenvalue weighted by atomic mass is 16.5. The van der Waals surface area contributed by atoms with Crippen LogP contribution in [0.4, 0.5) is 0 Å². The second kappa shape index (κ2) is 7.63. The normalized spacial score (nSPS) is 11.8. The van der Waals surface area contributed by atoms with Crippen molar-refractivity contribution < 1.29 is 14.3 Å². The van der Waals surface area contributed by atoms with Gasteiger partial charge < -0.3 is 20.5 Å². The van der Waals surface area contributed by atoms with Gasteiger partial charge in [-0.2, -0.15) is 0 Å². The summed E-state index contributed by atoms with van der Waals surface area (Å²) >= 11 is 0. The first-order chi connectivity index (χ1) is 9.13. The Labute approximate surface area is 114 Å². The summed E-state index contributed by atoms with van der Waals surface area (Å²) in [5.41, 5.74) is 6.51. The number of rotatable bonds is 7. The maximum atomic E-state index is 11.7. The molecular formula is C14H22N2O3. The van der Waals surface area contributed by atoms with Crippen molar-refractivity contribution in [3.8, 4) is 11.5 Å². The predicted molar refractivity (Wildman–Crippen MR) is 74.3 cm³/mol. The van der Waals surface area contributed by atoms with Crippen molar-refractivity contribution in [1.82, 2.24) is 5.32 Å². The van der Waals surface area contributed by atoms with Gasteiger partial charge in [0.2, 0.25) is 0 Å². The van der Waals surface area contributed by atoms with Crippen LogP contribution in [-0.4, -0.2) is 25.2 Å². The largest absolute Gasteiger partial charge is 0.490 e. The lowest BCUT2D eigenvalue weighted by atomic mass is 10.2. The Balaban J connectivity index is 2.93. The van der Waals surface area contributed by atoms with Crippen LogP contribution in [0.3, 0.4) is 0 Å². The molecule has 0 saturated heterocycles. The van der Waals surface area contributed by atoms with Crippen molar-refractivity contribution in [3.63, 3.8) is 0 Å². The van der Waals surface area contributed by atoms with E-state index in [9.17, 15) is 4.79 Å². The Hall–Kier alpha value is -1.75. The van der Waals surface area contributed by atoms with Crippen LogP contribution in [0.15, 0.2) is 18.2 Å². The van der Waals surface area contributed by atoms with Crippen LogP contribution >= 0.6 is 0 Å². The van der Waals surface area contributed by atoms with E-state index in [1.807, 2.05) is 32.0 Å². The molecule has 1 rings (SSSR count). The van der Waals surface area contributed by atoms with Crippen molar-refractivity contribution in [1.29, 1.82) is 0 Å². The molecule has 0 bridgehead atoms. The van der Waals surface area contributed by atoms with Gasteiger partial charge in [0.1, 0.15) is 0 Å². The zero-order valence-corrected chi connectivity index (χ0v) is 11.7. The summed E-state index contributed by atoms with van der Waals surface area (Å²) in [6.45, 7) is 6.89. The van der Waals surface area contributed by atoms with Crippen LogP contribution < -0.4 is 20.5 Å². The third-order valence-electron chi connectivity index (χ3n) is 2.60. The van der Waals surface area contributed by atoms with Gasteiger partial charge >= 0.3 is 0 Å². The number of nitrogens with one attached hydrogen (secondary N) is 1. The van der Waals surface area contributed by atoms with E-state index < -0.39 is 6.10 Å². The molecule has 0 spiro atoms. The second-order valence-electron chi connectivity index (χ2n) is 4.04. The van der Waals surface area contributed by atoms with E-state index in [1.165, 1.54) is 0 Å². The summed E-state index contributed by atoms with van der Waals surface area (Å²) in [6.07, 6.45) is -0.591. The SMILES string of the molecule is CCNC(=O)C(C)Oc1c(CN)cccc1OCC. The standard InChI is InChI=1S/C14H22N2O3/c1-4-16-14(17)10(3)19-13-11(9-15)7-6-8-12(13)18-5-2/h6-8,10H,4-5,9,15H2,1-3H3,(H,16,17). The van der Waals surface area contributed by atoms with Crippen LogP contribution in [0.2, 0.25) is 0 Å². The lowest BCUT2D eigenvalue weighted by Gasteiger charge is -2.19. The molecule has 0 radical (unpaired) electrons. The number of carbonyl (C=O) groups excluding carboxylic acids is 1. The van der Waals surface area contributed by atoms with Crippen LogP contribution in [0.25, 0.3) is 0 Å². The molecule has 3 N–H and O–H groups in total. The number of carbonyl (C=O) groups is 1. The maximum Gasteiger partial charge on any atom is 0.260 e. The Morgan fingerprint density at radius 3 is 2.74 bits per heavy atom. The van der Waals surface area contributed by atoms with E-state index in [1.54, 1.807) is 6.92 Å². The molecule has 0 heterocycles. The molecule has 0 aliphatic heterocycles. The van der Waals surface area contributed by atoms with Gasteiger partial charge in [-0.3, -0.25) is 4.79 Å². The minimum absolute atomic E-state index is 0.156. The van der Waals surface area contributed by atoms with Gasteiger partial charge in [0.25, 0.3) is 5.91 Å². The fourth-order valence-corrected chi connectivity index (χ4v) is 1.67. The van der Waals surface area contributed by atoms with Crippen molar-refractivity contribution in [2.75, 3.05) is 13.2 Å². The molecule has 106 valence electrons. The number of amides is 1. The quantitative estimate of drug-likeness (QED) is 0.783. The predicted octanol–water partition coefficient (Wildman–Crippen LogP) is 1.45. The minimum Gasteiger partial charge on any atom is -0.490 e. The van der Waals surface area contributed by atoms with Gasteiger partial charge in [-0.05, 0) is 26.8 Å². The monoisotopic (exact) mass is 266 g/mol. The number of hydrogen-bond donors (Lipinski definition) is 2. The van der Waals surface area contributed by atoms with Gasteiger partial charge in [0, 0.05) is 18.7 Å². The van der Waals surface area contributed by atoms with E-state index in [-0.39, 0.29) is 5.91 Å². The van der Waals surface area contributed by atoms with E-state index in [0.29, 0.717) is 31.2 Å². The third-order valence-corrected chi connectivity index (χ3v) is 2.60. The molecule has 0 fully saturated rings. The van der Waals surface area contributed by atoms with Gasteiger partial charge in [0.05, 0.1) is 6.61 Å². The number of ether oxygens (including phenoxy) is 2. The summed E-state index contributed by atoms with van der Waals surface area (Å²) in [5.74, 6) is 1.00.